The van der Waals surface area contributed by atoms with E-state index in [0.29, 0.717) is 12.6 Å². The molecule has 2 rings (SSSR count). The van der Waals surface area contributed by atoms with Crippen molar-refractivity contribution in [3.63, 3.8) is 0 Å². The first kappa shape index (κ1) is 13.8. The Kier molecular flexibility index (Phi) is 4.04. The molecule has 1 aliphatic rings. The standard InChI is InChI=1S/C12H21N5O2/c1-4-19-11-15-9(13)14-10(16-11)17-7-5-6-12(2,8-17)18-3/h4-8H2,1-3H3,(H2,13,14,15,16). The van der Waals surface area contributed by atoms with Gasteiger partial charge in [-0.1, -0.05) is 0 Å². The number of rotatable bonds is 4. The second-order valence-electron chi connectivity index (χ2n) is 4.89. The van der Waals surface area contributed by atoms with Crippen molar-refractivity contribution >= 4 is 11.9 Å². The molecule has 0 aromatic carbocycles. The molecule has 106 valence electrons. The molecule has 1 saturated heterocycles. The van der Waals surface area contributed by atoms with Gasteiger partial charge < -0.3 is 20.1 Å². The molecule has 0 spiro atoms. The molecule has 1 atom stereocenters. The number of anilines is 2. The smallest absolute Gasteiger partial charge is 0.323 e. The summed E-state index contributed by atoms with van der Waals surface area (Å²) in [7, 11) is 1.73. The van der Waals surface area contributed by atoms with E-state index in [2.05, 4.69) is 26.8 Å². The van der Waals surface area contributed by atoms with Crippen LogP contribution >= 0.6 is 0 Å². The van der Waals surface area contributed by atoms with Gasteiger partial charge in [0.2, 0.25) is 11.9 Å². The van der Waals surface area contributed by atoms with Crippen LogP contribution < -0.4 is 15.4 Å². The lowest BCUT2D eigenvalue weighted by Gasteiger charge is -2.39. The van der Waals surface area contributed by atoms with Crippen LogP contribution in [-0.4, -0.2) is 47.4 Å². The number of aromatic nitrogens is 3. The van der Waals surface area contributed by atoms with Crippen LogP contribution in [0.25, 0.3) is 0 Å². The zero-order valence-electron chi connectivity index (χ0n) is 11.7. The molecule has 1 fully saturated rings. The van der Waals surface area contributed by atoms with Gasteiger partial charge in [-0.05, 0) is 26.7 Å². The van der Waals surface area contributed by atoms with Crippen LogP contribution in [0.3, 0.4) is 0 Å². The number of ether oxygens (including phenoxy) is 2. The van der Waals surface area contributed by atoms with E-state index in [1.54, 1.807) is 7.11 Å². The molecule has 7 nitrogen and oxygen atoms in total. The van der Waals surface area contributed by atoms with Gasteiger partial charge in [-0.2, -0.15) is 15.0 Å². The highest BCUT2D eigenvalue weighted by Gasteiger charge is 2.32. The van der Waals surface area contributed by atoms with Crippen molar-refractivity contribution in [1.29, 1.82) is 0 Å². The van der Waals surface area contributed by atoms with Crippen molar-refractivity contribution in [2.45, 2.75) is 32.3 Å². The van der Waals surface area contributed by atoms with Gasteiger partial charge in [0, 0.05) is 20.2 Å². The van der Waals surface area contributed by atoms with Crippen molar-refractivity contribution in [3.8, 4) is 6.01 Å². The first-order valence-corrected chi connectivity index (χ1v) is 6.51. The van der Waals surface area contributed by atoms with E-state index in [-0.39, 0.29) is 17.6 Å². The van der Waals surface area contributed by atoms with Crippen LogP contribution in [0.15, 0.2) is 0 Å². The molecule has 0 radical (unpaired) electrons. The van der Waals surface area contributed by atoms with E-state index >= 15 is 0 Å². The molecule has 1 aliphatic heterocycles. The molecule has 1 aromatic rings. The van der Waals surface area contributed by atoms with Crippen LogP contribution in [0.5, 0.6) is 6.01 Å². The van der Waals surface area contributed by atoms with E-state index < -0.39 is 0 Å². The van der Waals surface area contributed by atoms with Gasteiger partial charge in [0.05, 0.1) is 12.2 Å². The minimum absolute atomic E-state index is 0.175. The number of nitrogen functional groups attached to an aromatic ring is 1. The maximum atomic E-state index is 5.70. The summed E-state index contributed by atoms with van der Waals surface area (Å²) in [4.78, 5) is 14.5. The predicted octanol–water partition coefficient (Wildman–Crippen LogP) is 0.858. The molecule has 2 heterocycles. The lowest BCUT2D eigenvalue weighted by Crippen LogP contribution is -2.48. The quantitative estimate of drug-likeness (QED) is 0.865. The first-order chi connectivity index (χ1) is 9.06. The molecule has 7 heteroatoms. The molecular weight excluding hydrogens is 246 g/mol. The summed E-state index contributed by atoms with van der Waals surface area (Å²) in [6.45, 7) is 6.08. The molecule has 2 N–H and O–H groups in total. The second kappa shape index (κ2) is 5.56. The highest BCUT2D eigenvalue weighted by atomic mass is 16.5. The summed E-state index contributed by atoms with van der Waals surface area (Å²) in [6.07, 6.45) is 2.05. The predicted molar refractivity (Wildman–Crippen MR) is 72.3 cm³/mol. The van der Waals surface area contributed by atoms with Crippen molar-refractivity contribution in [3.05, 3.63) is 0 Å². The van der Waals surface area contributed by atoms with Gasteiger partial charge in [0.1, 0.15) is 0 Å². The van der Waals surface area contributed by atoms with Gasteiger partial charge in [0.15, 0.2) is 0 Å². The minimum atomic E-state index is -0.175. The molecule has 0 amide bonds. The first-order valence-electron chi connectivity index (χ1n) is 6.51. The molecule has 0 saturated carbocycles. The fourth-order valence-corrected chi connectivity index (χ4v) is 2.24. The number of nitrogens with zero attached hydrogens (tertiary/aromatic N) is 4. The third kappa shape index (κ3) is 3.23. The summed E-state index contributed by atoms with van der Waals surface area (Å²) in [5.74, 6) is 0.733. The lowest BCUT2D eigenvalue weighted by molar-refractivity contribution is -0.00502. The fourth-order valence-electron chi connectivity index (χ4n) is 2.24. The lowest BCUT2D eigenvalue weighted by atomic mass is 9.95. The molecule has 1 aromatic heterocycles. The number of nitrogens with two attached hydrogens (primary N) is 1. The Morgan fingerprint density at radius 1 is 1.37 bits per heavy atom. The molecular formula is C12H21N5O2. The highest BCUT2D eigenvalue weighted by Crippen LogP contribution is 2.26. The van der Waals surface area contributed by atoms with Gasteiger partial charge in [-0.15, -0.1) is 0 Å². The average molecular weight is 267 g/mol. The number of hydrogen-bond donors (Lipinski definition) is 1. The van der Waals surface area contributed by atoms with E-state index in [1.165, 1.54) is 0 Å². The zero-order chi connectivity index (χ0) is 13.9. The Morgan fingerprint density at radius 2 is 2.16 bits per heavy atom. The largest absolute Gasteiger partial charge is 0.464 e. The molecule has 19 heavy (non-hydrogen) atoms. The van der Waals surface area contributed by atoms with Crippen LogP contribution in [0, 0.1) is 0 Å². The van der Waals surface area contributed by atoms with E-state index in [9.17, 15) is 0 Å². The Hall–Kier alpha value is -1.63. The average Bonchev–Trinajstić information content (AvgIpc) is 2.38. The monoisotopic (exact) mass is 267 g/mol. The van der Waals surface area contributed by atoms with E-state index in [0.717, 1.165) is 25.9 Å². The third-order valence-corrected chi connectivity index (χ3v) is 3.33. The van der Waals surface area contributed by atoms with Gasteiger partial charge in [-0.3, -0.25) is 0 Å². The van der Waals surface area contributed by atoms with Crippen molar-refractivity contribution in [1.82, 2.24) is 15.0 Å². The van der Waals surface area contributed by atoms with Crippen LogP contribution in [0.2, 0.25) is 0 Å². The van der Waals surface area contributed by atoms with Gasteiger partial charge in [-0.25, -0.2) is 0 Å². The van der Waals surface area contributed by atoms with E-state index in [4.69, 9.17) is 15.2 Å². The van der Waals surface area contributed by atoms with E-state index in [1.807, 2.05) is 6.92 Å². The second-order valence-corrected chi connectivity index (χ2v) is 4.89. The van der Waals surface area contributed by atoms with Crippen LogP contribution in [0.4, 0.5) is 11.9 Å². The van der Waals surface area contributed by atoms with Crippen molar-refractivity contribution in [2.24, 2.45) is 0 Å². The van der Waals surface area contributed by atoms with Crippen molar-refractivity contribution in [2.75, 3.05) is 37.4 Å². The number of hydrogen-bond acceptors (Lipinski definition) is 7. The van der Waals surface area contributed by atoms with Gasteiger partial charge >= 0.3 is 6.01 Å². The topological polar surface area (TPSA) is 86.4 Å². The zero-order valence-corrected chi connectivity index (χ0v) is 11.7. The van der Waals surface area contributed by atoms with Crippen LogP contribution in [-0.2, 0) is 4.74 Å². The maximum Gasteiger partial charge on any atom is 0.323 e. The summed E-state index contributed by atoms with van der Waals surface area (Å²) in [6, 6.07) is 0.273. The normalized spacial score (nSPS) is 23.4. The molecule has 0 aliphatic carbocycles. The molecule has 1 unspecified atom stereocenters. The number of methoxy groups -OCH3 is 1. The Balaban J connectivity index is 2.21. The SMILES string of the molecule is CCOc1nc(N)nc(N2CCCC(C)(OC)C2)n1. The summed E-state index contributed by atoms with van der Waals surface area (Å²) >= 11 is 0. The van der Waals surface area contributed by atoms with Crippen LogP contribution in [0.1, 0.15) is 26.7 Å². The third-order valence-electron chi connectivity index (χ3n) is 3.33. The number of piperidine rings is 1. The highest BCUT2D eigenvalue weighted by molar-refractivity contribution is 5.37. The Labute approximate surface area is 113 Å². The Bertz CT molecular complexity index is 442. The maximum absolute atomic E-state index is 5.70. The summed E-state index contributed by atoms with van der Waals surface area (Å²) < 4.78 is 10.9. The Morgan fingerprint density at radius 3 is 2.84 bits per heavy atom. The van der Waals surface area contributed by atoms with Crippen molar-refractivity contribution < 1.29 is 9.47 Å². The summed E-state index contributed by atoms with van der Waals surface area (Å²) in [5.41, 5.74) is 5.52. The minimum Gasteiger partial charge on any atom is -0.464 e. The van der Waals surface area contributed by atoms with Gasteiger partial charge in [0.25, 0.3) is 0 Å². The fraction of sp³-hybridized carbons (Fsp3) is 0.750. The summed E-state index contributed by atoms with van der Waals surface area (Å²) in [5, 5.41) is 0. The molecule has 0 bridgehead atoms.